The number of aromatic nitrogens is 3. The highest BCUT2D eigenvalue weighted by Gasteiger charge is 2.08. The Bertz CT molecular complexity index is 845. The van der Waals surface area contributed by atoms with Crippen LogP contribution in [0.4, 0.5) is 8.78 Å². The Labute approximate surface area is 154 Å². The molecular weight excluding hydrogens is 358 g/mol. The van der Waals surface area contributed by atoms with Crippen molar-refractivity contribution in [3.63, 3.8) is 0 Å². The van der Waals surface area contributed by atoms with Crippen molar-refractivity contribution < 1.29 is 13.2 Å². The smallest absolute Gasteiger partial charge is 0.284 e. The summed E-state index contributed by atoms with van der Waals surface area (Å²) in [6.07, 6.45) is 1.81. The zero-order chi connectivity index (χ0) is 18.5. The van der Waals surface area contributed by atoms with E-state index in [0.717, 1.165) is 28.5 Å². The van der Waals surface area contributed by atoms with Gasteiger partial charge < -0.3 is 9.73 Å². The van der Waals surface area contributed by atoms with Crippen LogP contribution in [-0.4, -0.2) is 20.5 Å². The summed E-state index contributed by atoms with van der Waals surface area (Å²) in [5, 5.41) is 7.68. The summed E-state index contributed by atoms with van der Waals surface area (Å²) < 4.78 is 31.7. The van der Waals surface area contributed by atoms with Gasteiger partial charge in [0.25, 0.3) is 5.76 Å². The third kappa shape index (κ3) is 4.92. The highest BCUT2D eigenvalue weighted by atomic mass is 32.2. The number of pyridine rings is 1. The van der Waals surface area contributed by atoms with Crippen LogP contribution in [0.15, 0.2) is 40.9 Å². The summed E-state index contributed by atoms with van der Waals surface area (Å²) in [7, 11) is 0. The highest BCUT2D eigenvalue weighted by Crippen LogP contribution is 2.21. The SMILES string of the molecule is Cc1cc(C)n(-c2ccc(CNCc3ccc(CSC(F)F)o3)cn2)n1. The maximum Gasteiger partial charge on any atom is 0.284 e. The minimum absolute atomic E-state index is 0.176. The maximum atomic E-state index is 12.2. The van der Waals surface area contributed by atoms with E-state index in [-0.39, 0.29) is 5.75 Å². The first-order valence-electron chi connectivity index (χ1n) is 8.18. The van der Waals surface area contributed by atoms with E-state index in [2.05, 4.69) is 15.4 Å². The van der Waals surface area contributed by atoms with Crippen LogP contribution in [0.25, 0.3) is 5.82 Å². The molecule has 0 aliphatic heterocycles. The lowest BCUT2D eigenvalue weighted by Crippen LogP contribution is -2.12. The van der Waals surface area contributed by atoms with Crippen molar-refractivity contribution in [1.82, 2.24) is 20.1 Å². The van der Waals surface area contributed by atoms with Crippen LogP contribution < -0.4 is 5.32 Å². The molecule has 0 saturated carbocycles. The van der Waals surface area contributed by atoms with Gasteiger partial charge in [-0.05, 0) is 43.7 Å². The van der Waals surface area contributed by atoms with Crippen molar-refractivity contribution in [3.05, 3.63) is 65.0 Å². The standard InChI is InChI=1S/C18H20F2N4OS/c1-12-7-13(2)24(23-12)17-6-3-14(9-22-17)8-21-10-15-4-5-16(25-15)11-26-18(19)20/h3-7,9,18,21H,8,10-11H2,1-2H3. The molecule has 138 valence electrons. The molecule has 5 nitrogen and oxygen atoms in total. The maximum absolute atomic E-state index is 12.2. The van der Waals surface area contributed by atoms with E-state index in [9.17, 15) is 8.78 Å². The van der Waals surface area contributed by atoms with Crippen molar-refractivity contribution in [2.45, 2.75) is 38.4 Å². The van der Waals surface area contributed by atoms with Gasteiger partial charge >= 0.3 is 0 Å². The third-order valence-corrected chi connectivity index (χ3v) is 4.44. The molecule has 0 atom stereocenters. The Morgan fingerprint density at radius 2 is 1.96 bits per heavy atom. The summed E-state index contributed by atoms with van der Waals surface area (Å²) in [6.45, 7) is 5.10. The molecule has 0 unspecified atom stereocenters. The molecule has 0 aliphatic carbocycles. The fraction of sp³-hybridized carbons (Fsp3) is 0.333. The van der Waals surface area contributed by atoms with Crippen LogP contribution in [-0.2, 0) is 18.8 Å². The molecule has 0 bridgehead atoms. The van der Waals surface area contributed by atoms with Crippen molar-refractivity contribution in [2.24, 2.45) is 0 Å². The van der Waals surface area contributed by atoms with Gasteiger partial charge in [-0.3, -0.25) is 0 Å². The Hall–Kier alpha value is -2.19. The number of hydrogen-bond acceptors (Lipinski definition) is 5. The van der Waals surface area contributed by atoms with Crippen molar-refractivity contribution in [3.8, 4) is 5.82 Å². The van der Waals surface area contributed by atoms with Gasteiger partial charge in [0, 0.05) is 18.4 Å². The number of furan rings is 1. The minimum Gasteiger partial charge on any atom is -0.464 e. The highest BCUT2D eigenvalue weighted by molar-refractivity contribution is 7.98. The summed E-state index contributed by atoms with van der Waals surface area (Å²) in [6, 6.07) is 9.48. The summed E-state index contributed by atoms with van der Waals surface area (Å²) >= 11 is 0.557. The first-order chi connectivity index (χ1) is 12.5. The molecule has 1 N–H and O–H groups in total. The Kier molecular flexibility index (Phi) is 6.05. The average molecular weight is 378 g/mol. The number of nitrogens with one attached hydrogen (secondary N) is 1. The van der Waals surface area contributed by atoms with Gasteiger partial charge in [0.15, 0.2) is 5.82 Å². The van der Waals surface area contributed by atoms with Gasteiger partial charge in [-0.2, -0.15) is 13.9 Å². The number of halogens is 2. The number of hydrogen-bond donors (Lipinski definition) is 1. The molecule has 0 spiro atoms. The van der Waals surface area contributed by atoms with Gasteiger partial charge in [-0.15, -0.1) is 0 Å². The lowest BCUT2D eigenvalue weighted by Gasteiger charge is -2.06. The van der Waals surface area contributed by atoms with E-state index in [1.165, 1.54) is 0 Å². The van der Waals surface area contributed by atoms with Crippen LogP contribution in [0, 0.1) is 13.8 Å². The second kappa shape index (κ2) is 8.46. The number of alkyl halides is 2. The Balaban J connectivity index is 1.50. The van der Waals surface area contributed by atoms with Crippen molar-refractivity contribution in [2.75, 3.05) is 0 Å². The average Bonchev–Trinajstić information content (AvgIpc) is 3.19. The fourth-order valence-corrected chi connectivity index (χ4v) is 3.02. The minimum atomic E-state index is -2.38. The van der Waals surface area contributed by atoms with Crippen molar-refractivity contribution in [1.29, 1.82) is 0 Å². The number of thioether (sulfide) groups is 1. The molecule has 0 saturated heterocycles. The normalized spacial score (nSPS) is 11.4. The zero-order valence-electron chi connectivity index (χ0n) is 14.6. The zero-order valence-corrected chi connectivity index (χ0v) is 15.4. The quantitative estimate of drug-likeness (QED) is 0.636. The molecule has 0 radical (unpaired) electrons. The lowest BCUT2D eigenvalue weighted by atomic mass is 10.2. The van der Waals surface area contributed by atoms with Gasteiger partial charge in [-0.25, -0.2) is 9.67 Å². The van der Waals surface area contributed by atoms with E-state index in [1.54, 1.807) is 12.1 Å². The first kappa shape index (κ1) is 18.6. The predicted octanol–water partition coefficient (Wildman–Crippen LogP) is 4.22. The molecule has 0 fully saturated rings. The van der Waals surface area contributed by atoms with E-state index < -0.39 is 5.76 Å². The summed E-state index contributed by atoms with van der Waals surface area (Å²) in [5.41, 5.74) is 3.04. The molecule has 3 rings (SSSR count). The van der Waals surface area contributed by atoms with Crippen LogP contribution in [0.3, 0.4) is 0 Å². The number of aryl methyl sites for hydroxylation is 2. The molecule has 26 heavy (non-hydrogen) atoms. The molecular formula is C18H20F2N4OS. The van der Waals surface area contributed by atoms with Crippen LogP contribution in [0.5, 0.6) is 0 Å². The third-order valence-electron chi connectivity index (χ3n) is 3.73. The van der Waals surface area contributed by atoms with E-state index in [4.69, 9.17) is 4.42 Å². The topological polar surface area (TPSA) is 55.9 Å². The molecule has 3 aromatic rings. The lowest BCUT2D eigenvalue weighted by molar-refractivity contribution is 0.251. The molecule has 3 heterocycles. The fourth-order valence-electron chi connectivity index (χ4n) is 2.58. The van der Waals surface area contributed by atoms with Crippen LogP contribution in [0.2, 0.25) is 0 Å². The first-order valence-corrected chi connectivity index (χ1v) is 9.23. The Morgan fingerprint density at radius 1 is 1.15 bits per heavy atom. The molecule has 8 heteroatoms. The van der Waals surface area contributed by atoms with Crippen LogP contribution in [0.1, 0.15) is 28.5 Å². The van der Waals surface area contributed by atoms with Gasteiger partial charge in [0.2, 0.25) is 0 Å². The predicted molar refractivity (Wildman–Crippen MR) is 97.4 cm³/mol. The molecule has 0 amide bonds. The molecule has 0 aliphatic rings. The van der Waals surface area contributed by atoms with E-state index in [1.807, 2.05) is 42.9 Å². The summed E-state index contributed by atoms with van der Waals surface area (Å²) in [5.74, 6) is -0.140. The number of nitrogens with zero attached hydrogens (tertiary/aromatic N) is 3. The molecule has 0 aromatic carbocycles. The van der Waals surface area contributed by atoms with Gasteiger partial charge in [-0.1, -0.05) is 17.8 Å². The Morgan fingerprint density at radius 3 is 2.62 bits per heavy atom. The van der Waals surface area contributed by atoms with Gasteiger partial charge in [0.1, 0.15) is 11.5 Å². The summed E-state index contributed by atoms with van der Waals surface area (Å²) in [4.78, 5) is 4.46. The van der Waals surface area contributed by atoms with E-state index in [0.29, 0.717) is 30.6 Å². The molecule has 3 aromatic heterocycles. The van der Waals surface area contributed by atoms with E-state index >= 15 is 0 Å². The largest absolute Gasteiger partial charge is 0.464 e. The second-order valence-electron chi connectivity index (χ2n) is 5.91. The van der Waals surface area contributed by atoms with Crippen LogP contribution >= 0.6 is 11.8 Å². The van der Waals surface area contributed by atoms with Crippen molar-refractivity contribution >= 4 is 11.8 Å². The monoisotopic (exact) mass is 378 g/mol. The second-order valence-corrected chi connectivity index (χ2v) is 6.89. The van der Waals surface area contributed by atoms with Gasteiger partial charge in [0.05, 0.1) is 18.0 Å². The number of rotatable bonds is 8.